The fourth-order valence-corrected chi connectivity index (χ4v) is 11.3. The summed E-state index contributed by atoms with van der Waals surface area (Å²) in [5, 5.41) is 0. The van der Waals surface area contributed by atoms with E-state index in [1.54, 1.807) is 5.57 Å². The monoisotopic (exact) mass is 701 g/mol. The molecule has 4 rings (SSSR count). The number of carbonyl (C=O) groups is 1. The second-order valence-electron chi connectivity index (χ2n) is 18.3. The quantitative estimate of drug-likeness (QED) is 0.0638. The zero-order valence-corrected chi connectivity index (χ0v) is 34.3. The number of ether oxygens (including phenoxy) is 1. The van der Waals surface area contributed by atoms with Crippen LogP contribution in [0.25, 0.3) is 0 Å². The molecule has 2 heteroatoms. The fraction of sp³-hybridized carbons (Fsp3) is 0.776. The lowest BCUT2D eigenvalue weighted by Crippen LogP contribution is -2.51. The largest absolute Gasteiger partial charge is 0.462 e. The molecule has 0 radical (unpaired) electrons. The van der Waals surface area contributed by atoms with Gasteiger partial charge in [-0.3, -0.25) is 4.79 Å². The van der Waals surface area contributed by atoms with E-state index < -0.39 is 0 Å². The van der Waals surface area contributed by atoms with Crippen molar-refractivity contribution in [1.29, 1.82) is 0 Å². The summed E-state index contributed by atoms with van der Waals surface area (Å²) in [4.78, 5) is 12.8. The van der Waals surface area contributed by atoms with Gasteiger partial charge in [0, 0.05) is 12.8 Å². The molecule has 0 amide bonds. The third-order valence-corrected chi connectivity index (χ3v) is 14.3. The minimum Gasteiger partial charge on any atom is -0.462 e. The highest BCUT2D eigenvalue weighted by Crippen LogP contribution is 2.67. The van der Waals surface area contributed by atoms with Crippen LogP contribution >= 0.6 is 0 Å². The molecule has 288 valence electrons. The second-order valence-corrected chi connectivity index (χ2v) is 18.3. The molecule has 2 nitrogen and oxygen atoms in total. The van der Waals surface area contributed by atoms with Crippen LogP contribution in [0.4, 0.5) is 0 Å². The van der Waals surface area contributed by atoms with Crippen LogP contribution in [0, 0.1) is 46.3 Å². The first-order valence-corrected chi connectivity index (χ1v) is 22.2. The van der Waals surface area contributed by atoms with Gasteiger partial charge in [-0.1, -0.05) is 140 Å². The van der Waals surface area contributed by atoms with Gasteiger partial charge in [0.2, 0.25) is 0 Å². The van der Waals surface area contributed by atoms with E-state index in [1.807, 2.05) is 0 Å². The number of hydrogen-bond donors (Lipinski definition) is 0. The molecular formula is C49H80O2. The molecule has 0 bridgehead atoms. The van der Waals surface area contributed by atoms with Gasteiger partial charge in [-0.25, -0.2) is 0 Å². The standard InChI is InChI=1S/C49H80O2/c1-7-8-9-10-11-12-13-14-15-16-17-18-19-20-21-22-23-24-25-29-47(50)51-42-34-36-48(5)41(38-42)30-31-43-45-33-32-44(40(4)28-26-27-39(2)3)49(45,6)37-35-46(43)48/h11-12,14-15,17-18,20-21,30,39-40,42-46H,7-10,13,16,19,22-29,31-38H2,1-6H3/b12-11-,15-14-,18-17-,21-20-/t40-,42+,43+,44-,45+,46+,48+,49-/m1/s1. The summed E-state index contributed by atoms with van der Waals surface area (Å²) in [5.74, 6) is 5.25. The highest BCUT2D eigenvalue weighted by atomic mass is 16.5. The molecule has 4 aliphatic carbocycles. The molecule has 51 heavy (non-hydrogen) atoms. The van der Waals surface area contributed by atoms with Gasteiger partial charge in [-0.15, -0.1) is 0 Å². The van der Waals surface area contributed by atoms with Crippen LogP contribution in [0.2, 0.25) is 0 Å². The van der Waals surface area contributed by atoms with E-state index in [4.69, 9.17) is 4.74 Å². The molecule has 3 fully saturated rings. The number of carbonyl (C=O) groups excluding carboxylic acids is 1. The highest BCUT2D eigenvalue weighted by Gasteiger charge is 2.59. The number of hydrogen-bond acceptors (Lipinski definition) is 2. The molecule has 0 aromatic rings. The number of esters is 1. The van der Waals surface area contributed by atoms with E-state index in [0.29, 0.717) is 17.3 Å². The van der Waals surface area contributed by atoms with Crippen LogP contribution in [0.5, 0.6) is 0 Å². The van der Waals surface area contributed by atoms with Gasteiger partial charge in [-0.05, 0) is 143 Å². The number of fused-ring (bicyclic) bond motifs is 5. The lowest BCUT2D eigenvalue weighted by molar-refractivity contribution is -0.151. The second kappa shape index (κ2) is 21.8. The van der Waals surface area contributed by atoms with Crippen molar-refractivity contribution in [1.82, 2.24) is 0 Å². The van der Waals surface area contributed by atoms with Gasteiger partial charge in [0.1, 0.15) is 6.10 Å². The van der Waals surface area contributed by atoms with Crippen molar-refractivity contribution < 1.29 is 9.53 Å². The van der Waals surface area contributed by atoms with Crippen molar-refractivity contribution in [2.75, 3.05) is 0 Å². The van der Waals surface area contributed by atoms with Crippen LogP contribution < -0.4 is 0 Å². The first-order chi connectivity index (χ1) is 24.7. The van der Waals surface area contributed by atoms with Crippen LogP contribution in [0.15, 0.2) is 60.3 Å². The SMILES string of the molecule is CCCCC/C=C\C/C=C\C/C=C\C/C=C\CCCCCC(=O)O[C@H]1CC[C@@]2(C)C(=CC[C@H]3[C@@H]4CC[C@H]([C@H](C)CCCC(C)C)[C@@]4(C)CC[C@@H]32)C1. The Morgan fingerprint density at radius 1 is 0.765 bits per heavy atom. The van der Waals surface area contributed by atoms with Gasteiger partial charge < -0.3 is 4.74 Å². The average Bonchev–Trinajstić information content (AvgIpc) is 3.46. The summed E-state index contributed by atoms with van der Waals surface area (Å²) in [6, 6.07) is 0. The van der Waals surface area contributed by atoms with Crippen LogP contribution in [-0.2, 0) is 9.53 Å². The van der Waals surface area contributed by atoms with Gasteiger partial charge in [0.05, 0.1) is 0 Å². The molecule has 0 aliphatic heterocycles. The van der Waals surface area contributed by atoms with Gasteiger partial charge in [0.25, 0.3) is 0 Å². The Kier molecular flexibility index (Phi) is 17.9. The molecule has 0 spiro atoms. The molecule has 0 N–H and O–H groups in total. The summed E-state index contributed by atoms with van der Waals surface area (Å²) in [5.41, 5.74) is 2.49. The Hall–Kier alpha value is -1.83. The van der Waals surface area contributed by atoms with E-state index in [2.05, 4.69) is 96.2 Å². The van der Waals surface area contributed by atoms with Crippen molar-refractivity contribution >= 4 is 5.97 Å². The smallest absolute Gasteiger partial charge is 0.306 e. The highest BCUT2D eigenvalue weighted by molar-refractivity contribution is 5.69. The third-order valence-electron chi connectivity index (χ3n) is 14.3. The Morgan fingerprint density at radius 2 is 1.43 bits per heavy atom. The maximum absolute atomic E-state index is 12.8. The van der Waals surface area contributed by atoms with Crippen LogP contribution in [0.1, 0.15) is 189 Å². The lowest BCUT2D eigenvalue weighted by atomic mass is 9.47. The minimum absolute atomic E-state index is 0.0311. The number of rotatable bonds is 22. The first-order valence-electron chi connectivity index (χ1n) is 22.2. The Balaban J connectivity index is 1.09. The molecule has 0 aromatic heterocycles. The predicted octanol–water partition coefficient (Wildman–Crippen LogP) is 14.9. The maximum atomic E-state index is 12.8. The van der Waals surface area contributed by atoms with Crippen molar-refractivity contribution in [3.8, 4) is 0 Å². The van der Waals surface area contributed by atoms with E-state index in [9.17, 15) is 4.79 Å². The van der Waals surface area contributed by atoms with Gasteiger partial charge in [-0.2, -0.15) is 0 Å². The molecule has 3 saturated carbocycles. The summed E-state index contributed by atoms with van der Waals surface area (Å²) in [6.45, 7) is 14.9. The third kappa shape index (κ3) is 12.4. The van der Waals surface area contributed by atoms with E-state index >= 15 is 0 Å². The van der Waals surface area contributed by atoms with Crippen LogP contribution in [-0.4, -0.2) is 12.1 Å². The Bertz CT molecular complexity index is 1170. The first kappa shape index (κ1) is 41.9. The summed E-state index contributed by atoms with van der Waals surface area (Å²) >= 11 is 0. The molecule has 0 saturated heterocycles. The zero-order chi connectivity index (χ0) is 36.5. The van der Waals surface area contributed by atoms with Crippen molar-refractivity contribution in [2.24, 2.45) is 46.3 Å². The van der Waals surface area contributed by atoms with Crippen molar-refractivity contribution in [2.45, 2.75) is 195 Å². The van der Waals surface area contributed by atoms with Crippen LogP contribution in [0.3, 0.4) is 0 Å². The maximum Gasteiger partial charge on any atom is 0.306 e. The molecule has 0 heterocycles. The predicted molar refractivity (Wildman–Crippen MR) is 221 cm³/mol. The van der Waals surface area contributed by atoms with Crippen molar-refractivity contribution in [3.63, 3.8) is 0 Å². The minimum atomic E-state index is 0.0311. The zero-order valence-electron chi connectivity index (χ0n) is 34.3. The molecule has 0 unspecified atom stereocenters. The van der Waals surface area contributed by atoms with Gasteiger partial charge >= 0.3 is 5.97 Å². The van der Waals surface area contributed by atoms with E-state index in [1.165, 1.54) is 83.5 Å². The molecule has 8 atom stereocenters. The topological polar surface area (TPSA) is 26.3 Å². The normalized spacial score (nSPS) is 31.4. The number of allylic oxidation sites excluding steroid dienone is 9. The van der Waals surface area contributed by atoms with E-state index in [-0.39, 0.29) is 12.1 Å². The molecule has 4 aliphatic rings. The number of unbranched alkanes of at least 4 members (excludes halogenated alkanes) is 6. The molecule has 0 aromatic carbocycles. The lowest BCUT2D eigenvalue weighted by Gasteiger charge is -2.58. The summed E-state index contributed by atoms with van der Waals surface area (Å²) in [7, 11) is 0. The van der Waals surface area contributed by atoms with Gasteiger partial charge in [0.15, 0.2) is 0 Å². The van der Waals surface area contributed by atoms with E-state index in [0.717, 1.165) is 93.3 Å². The molecular weight excluding hydrogens is 621 g/mol. The fourth-order valence-electron chi connectivity index (χ4n) is 11.3. The van der Waals surface area contributed by atoms with Crippen molar-refractivity contribution in [3.05, 3.63) is 60.3 Å². The summed E-state index contributed by atoms with van der Waals surface area (Å²) in [6.07, 6.45) is 48.6. The Labute approximate surface area is 316 Å². The summed E-state index contributed by atoms with van der Waals surface area (Å²) < 4.78 is 6.12. The Morgan fingerprint density at radius 3 is 2.10 bits per heavy atom. The average molecular weight is 701 g/mol.